The second-order valence-electron chi connectivity index (χ2n) is 5.48. The number of nitrogens with two attached hydrogens (primary N) is 1. The average molecular weight is 304 g/mol. The second-order valence-corrected chi connectivity index (χ2v) is 5.48. The molecule has 0 atom stereocenters. The fraction of sp³-hybridized carbons (Fsp3) is 0.176. The second kappa shape index (κ2) is 5.54. The summed E-state index contributed by atoms with van der Waals surface area (Å²) in [5, 5.41) is 13.1. The summed E-state index contributed by atoms with van der Waals surface area (Å²) in [5.41, 5.74) is 11.2. The third-order valence-electron chi connectivity index (χ3n) is 3.63. The summed E-state index contributed by atoms with van der Waals surface area (Å²) in [5.74, 6) is 0.602. The number of aryl methyl sites for hydroxylation is 3. The molecule has 0 aliphatic carbocycles. The highest BCUT2D eigenvalue weighted by molar-refractivity contribution is 5.65. The van der Waals surface area contributed by atoms with Gasteiger partial charge in [-0.1, -0.05) is 17.7 Å². The van der Waals surface area contributed by atoms with E-state index in [0.717, 1.165) is 28.1 Å². The molecule has 6 heteroatoms. The maximum absolute atomic E-state index is 9.01. The summed E-state index contributed by atoms with van der Waals surface area (Å²) in [4.78, 5) is 8.97. The lowest BCUT2D eigenvalue weighted by Crippen LogP contribution is -2.08. The van der Waals surface area contributed by atoms with Gasteiger partial charge in [0.15, 0.2) is 0 Å². The first-order chi connectivity index (χ1) is 11.0. The molecule has 0 saturated carbocycles. The van der Waals surface area contributed by atoms with E-state index in [2.05, 4.69) is 33.3 Å². The van der Waals surface area contributed by atoms with Gasteiger partial charge in [0.05, 0.1) is 11.9 Å². The number of nitrogen functional groups attached to an aromatic ring is 1. The standard InChI is InChI=1S/C17H16N6/c1-10-4-5-11(2)14(6-10)15-7-12(3)21-17(22-15)23-16(19)13(8-18)9-20-23/h4-7,9H,19H2,1-3H3. The van der Waals surface area contributed by atoms with E-state index in [4.69, 9.17) is 11.0 Å². The highest BCUT2D eigenvalue weighted by atomic mass is 15.4. The van der Waals surface area contributed by atoms with Gasteiger partial charge in [-0.15, -0.1) is 0 Å². The minimum atomic E-state index is 0.241. The molecule has 0 fully saturated rings. The highest BCUT2D eigenvalue weighted by Crippen LogP contribution is 2.24. The van der Waals surface area contributed by atoms with Crippen LogP contribution in [-0.2, 0) is 0 Å². The zero-order valence-electron chi connectivity index (χ0n) is 13.2. The van der Waals surface area contributed by atoms with Crippen LogP contribution in [0.1, 0.15) is 22.4 Å². The molecule has 0 bridgehead atoms. The summed E-state index contributed by atoms with van der Waals surface area (Å²) >= 11 is 0. The van der Waals surface area contributed by atoms with Crippen molar-refractivity contribution in [2.45, 2.75) is 20.8 Å². The van der Waals surface area contributed by atoms with Crippen LogP contribution in [0.25, 0.3) is 17.2 Å². The molecule has 3 rings (SSSR count). The Morgan fingerprint density at radius 1 is 1.13 bits per heavy atom. The zero-order valence-corrected chi connectivity index (χ0v) is 13.2. The number of benzene rings is 1. The van der Waals surface area contributed by atoms with Crippen molar-refractivity contribution in [2.24, 2.45) is 0 Å². The van der Waals surface area contributed by atoms with E-state index in [1.807, 2.05) is 32.9 Å². The molecule has 2 aromatic heterocycles. The van der Waals surface area contributed by atoms with Crippen LogP contribution in [0.4, 0.5) is 5.82 Å². The first kappa shape index (κ1) is 14.7. The molecule has 0 amide bonds. The fourth-order valence-electron chi connectivity index (χ4n) is 2.40. The number of rotatable bonds is 2. The van der Waals surface area contributed by atoms with Crippen LogP contribution in [0.5, 0.6) is 0 Å². The van der Waals surface area contributed by atoms with Crippen LogP contribution in [0.15, 0.2) is 30.5 Å². The number of aromatic nitrogens is 4. The van der Waals surface area contributed by atoms with Crippen LogP contribution in [-0.4, -0.2) is 19.7 Å². The number of nitrogens with zero attached hydrogens (tertiary/aromatic N) is 5. The van der Waals surface area contributed by atoms with Gasteiger partial charge in [-0.05, 0) is 38.5 Å². The first-order valence-corrected chi connectivity index (χ1v) is 7.17. The van der Waals surface area contributed by atoms with E-state index in [0.29, 0.717) is 11.5 Å². The molecule has 2 heterocycles. The summed E-state index contributed by atoms with van der Waals surface area (Å²) < 4.78 is 1.39. The molecule has 6 nitrogen and oxygen atoms in total. The van der Waals surface area contributed by atoms with Gasteiger partial charge in [-0.2, -0.15) is 15.0 Å². The number of nitriles is 1. The Morgan fingerprint density at radius 2 is 1.91 bits per heavy atom. The molecular formula is C17H16N6. The molecular weight excluding hydrogens is 288 g/mol. The quantitative estimate of drug-likeness (QED) is 0.785. The smallest absolute Gasteiger partial charge is 0.253 e. The Bertz CT molecular complexity index is 933. The third kappa shape index (κ3) is 2.64. The Balaban J connectivity index is 2.19. The van der Waals surface area contributed by atoms with Crippen molar-refractivity contribution in [1.29, 1.82) is 5.26 Å². The van der Waals surface area contributed by atoms with E-state index in [1.165, 1.54) is 10.9 Å². The minimum absolute atomic E-state index is 0.241. The van der Waals surface area contributed by atoms with Crippen molar-refractivity contribution in [3.8, 4) is 23.3 Å². The maximum Gasteiger partial charge on any atom is 0.253 e. The van der Waals surface area contributed by atoms with E-state index in [-0.39, 0.29) is 5.82 Å². The molecule has 3 aromatic rings. The van der Waals surface area contributed by atoms with E-state index in [9.17, 15) is 0 Å². The number of hydrogen-bond donors (Lipinski definition) is 1. The van der Waals surface area contributed by atoms with Crippen molar-refractivity contribution in [2.75, 3.05) is 5.73 Å². The summed E-state index contributed by atoms with van der Waals surface area (Å²) in [6.07, 6.45) is 1.42. The zero-order chi connectivity index (χ0) is 16.6. The van der Waals surface area contributed by atoms with Gasteiger partial charge in [-0.25, -0.2) is 9.97 Å². The van der Waals surface area contributed by atoms with E-state index < -0.39 is 0 Å². The normalized spacial score (nSPS) is 10.5. The lowest BCUT2D eigenvalue weighted by molar-refractivity contribution is 0.812. The molecule has 2 N–H and O–H groups in total. The molecule has 0 aliphatic rings. The van der Waals surface area contributed by atoms with Crippen LogP contribution < -0.4 is 5.73 Å². The molecule has 23 heavy (non-hydrogen) atoms. The Labute approximate surface area is 134 Å². The fourth-order valence-corrected chi connectivity index (χ4v) is 2.40. The highest BCUT2D eigenvalue weighted by Gasteiger charge is 2.14. The minimum Gasteiger partial charge on any atom is -0.382 e. The molecule has 1 aromatic carbocycles. The van der Waals surface area contributed by atoms with Gasteiger partial charge in [0.25, 0.3) is 5.95 Å². The van der Waals surface area contributed by atoms with Crippen molar-refractivity contribution in [3.63, 3.8) is 0 Å². The lowest BCUT2D eigenvalue weighted by atomic mass is 10.0. The van der Waals surface area contributed by atoms with Crippen LogP contribution in [0, 0.1) is 32.1 Å². The van der Waals surface area contributed by atoms with Crippen molar-refractivity contribution in [1.82, 2.24) is 19.7 Å². The Kier molecular flexibility index (Phi) is 3.54. The third-order valence-corrected chi connectivity index (χ3v) is 3.63. The summed E-state index contributed by atoms with van der Waals surface area (Å²) in [7, 11) is 0. The molecule has 0 spiro atoms. The number of hydrogen-bond acceptors (Lipinski definition) is 5. The van der Waals surface area contributed by atoms with Crippen LogP contribution in [0.3, 0.4) is 0 Å². The van der Waals surface area contributed by atoms with Gasteiger partial charge in [0.1, 0.15) is 17.5 Å². The van der Waals surface area contributed by atoms with Crippen molar-refractivity contribution in [3.05, 3.63) is 52.8 Å². The number of anilines is 1. The van der Waals surface area contributed by atoms with E-state index >= 15 is 0 Å². The van der Waals surface area contributed by atoms with Crippen LogP contribution in [0.2, 0.25) is 0 Å². The molecule has 114 valence electrons. The Morgan fingerprint density at radius 3 is 2.61 bits per heavy atom. The Hall–Kier alpha value is -3.20. The first-order valence-electron chi connectivity index (χ1n) is 7.17. The van der Waals surface area contributed by atoms with Crippen molar-refractivity contribution >= 4 is 5.82 Å². The summed E-state index contributed by atoms with van der Waals surface area (Å²) in [6.45, 7) is 5.98. The molecule has 0 radical (unpaired) electrons. The van der Waals surface area contributed by atoms with Gasteiger partial charge < -0.3 is 5.73 Å². The van der Waals surface area contributed by atoms with Crippen LogP contribution >= 0.6 is 0 Å². The van der Waals surface area contributed by atoms with Gasteiger partial charge in [0.2, 0.25) is 0 Å². The monoisotopic (exact) mass is 304 g/mol. The average Bonchev–Trinajstić information content (AvgIpc) is 2.90. The maximum atomic E-state index is 9.01. The summed E-state index contributed by atoms with van der Waals surface area (Å²) in [6, 6.07) is 10.2. The van der Waals surface area contributed by atoms with Gasteiger partial charge >= 0.3 is 0 Å². The topological polar surface area (TPSA) is 93.4 Å². The van der Waals surface area contributed by atoms with E-state index in [1.54, 1.807) is 0 Å². The van der Waals surface area contributed by atoms with Crippen molar-refractivity contribution < 1.29 is 0 Å². The molecule has 0 saturated heterocycles. The predicted octanol–water partition coefficient (Wildman–Crippen LogP) is 2.71. The largest absolute Gasteiger partial charge is 0.382 e. The SMILES string of the molecule is Cc1ccc(C)c(-c2cc(C)nc(-n3ncc(C#N)c3N)n2)c1. The molecule has 0 aliphatic heterocycles. The lowest BCUT2D eigenvalue weighted by Gasteiger charge is -2.10. The van der Waals surface area contributed by atoms with Gasteiger partial charge in [0, 0.05) is 11.3 Å². The molecule has 0 unspecified atom stereocenters. The predicted molar refractivity (Wildman–Crippen MR) is 87.9 cm³/mol. The van der Waals surface area contributed by atoms with Gasteiger partial charge in [-0.3, -0.25) is 0 Å².